The van der Waals surface area contributed by atoms with E-state index in [9.17, 15) is 14.7 Å². The number of amides is 2. The topological polar surface area (TPSA) is 60.9 Å². The third-order valence-electron chi connectivity index (χ3n) is 6.18. The van der Waals surface area contributed by atoms with E-state index in [0.29, 0.717) is 23.7 Å². The van der Waals surface area contributed by atoms with Crippen molar-refractivity contribution in [2.24, 2.45) is 11.8 Å². The zero-order valence-corrected chi connectivity index (χ0v) is 20.5. The Morgan fingerprint density at radius 2 is 2.00 bits per heavy atom. The van der Waals surface area contributed by atoms with Crippen molar-refractivity contribution in [3.63, 3.8) is 0 Å². The minimum absolute atomic E-state index is 0.00565. The fourth-order valence-corrected chi connectivity index (χ4v) is 6.00. The third-order valence-corrected chi connectivity index (χ3v) is 7.68. The molecule has 0 saturated carbocycles. The van der Waals surface area contributed by atoms with E-state index in [0.717, 1.165) is 11.3 Å². The van der Waals surface area contributed by atoms with Gasteiger partial charge in [0.25, 0.3) is 0 Å². The first kappa shape index (κ1) is 24.7. The van der Waals surface area contributed by atoms with Crippen molar-refractivity contribution in [2.45, 2.75) is 51.8 Å². The molecule has 172 valence electrons. The van der Waals surface area contributed by atoms with Gasteiger partial charge in [-0.2, -0.15) is 0 Å². The standard InChI is InChI=1S/C25H32N2O3S2/c1-4-5-15-26-19(12-14-22(26)29)23(21(28)13-11-18-9-7-6-8-10-18)24(30)27-20(17(2)3)16-32-25(27)31/h4-11,13,17,19-21,23,28H,12,14-16H2,1-3H3/b5-4+,13-11+/t19-,20-,21+,23+/m1/s1. The molecule has 2 amide bonds. The number of carbonyl (C=O) groups is 2. The molecule has 5 nitrogen and oxygen atoms in total. The third kappa shape index (κ3) is 5.50. The first-order valence-corrected chi connectivity index (χ1v) is 12.6. The number of hydrogen-bond donors (Lipinski definition) is 1. The molecule has 0 spiro atoms. The van der Waals surface area contributed by atoms with Crippen LogP contribution in [0.15, 0.2) is 48.6 Å². The summed E-state index contributed by atoms with van der Waals surface area (Å²) >= 11 is 7.05. The van der Waals surface area contributed by atoms with Gasteiger partial charge in [0.2, 0.25) is 11.8 Å². The van der Waals surface area contributed by atoms with Crippen molar-refractivity contribution in [1.29, 1.82) is 0 Å². The van der Waals surface area contributed by atoms with Crippen molar-refractivity contribution >= 4 is 46.2 Å². The number of rotatable bonds is 8. The molecule has 32 heavy (non-hydrogen) atoms. The maximum atomic E-state index is 13.9. The Kier molecular flexibility index (Phi) is 8.68. The summed E-state index contributed by atoms with van der Waals surface area (Å²) in [5.74, 6) is 0.0630. The SMILES string of the molecule is C/C=C/CN1C(=O)CC[C@@H]1[C@H](C(=O)N1C(=S)SC[C@@H]1C(C)C)[C@@H](O)/C=C/c1ccccc1. The van der Waals surface area contributed by atoms with Crippen LogP contribution in [0.2, 0.25) is 0 Å². The Labute approximate surface area is 200 Å². The lowest BCUT2D eigenvalue weighted by Gasteiger charge is -2.37. The molecule has 2 saturated heterocycles. The fraction of sp³-hybridized carbons (Fsp3) is 0.480. The number of nitrogens with zero attached hydrogens (tertiary/aromatic N) is 2. The first-order chi connectivity index (χ1) is 15.3. The van der Waals surface area contributed by atoms with Crippen molar-refractivity contribution in [3.05, 3.63) is 54.1 Å². The van der Waals surface area contributed by atoms with Gasteiger partial charge in [0, 0.05) is 30.8 Å². The first-order valence-electron chi connectivity index (χ1n) is 11.2. The smallest absolute Gasteiger partial charge is 0.236 e. The highest BCUT2D eigenvalue weighted by Crippen LogP contribution is 2.35. The summed E-state index contributed by atoms with van der Waals surface area (Å²) in [6.07, 6.45) is 7.20. The van der Waals surface area contributed by atoms with E-state index < -0.39 is 12.0 Å². The lowest BCUT2D eigenvalue weighted by atomic mass is 9.88. The highest BCUT2D eigenvalue weighted by atomic mass is 32.2. The molecule has 0 radical (unpaired) electrons. The summed E-state index contributed by atoms with van der Waals surface area (Å²) in [7, 11) is 0. The number of thiocarbonyl (C=S) groups is 1. The Morgan fingerprint density at radius 1 is 1.28 bits per heavy atom. The summed E-state index contributed by atoms with van der Waals surface area (Å²) < 4.78 is 0.558. The van der Waals surface area contributed by atoms with E-state index in [4.69, 9.17) is 12.2 Å². The molecule has 4 atom stereocenters. The van der Waals surface area contributed by atoms with Gasteiger partial charge in [-0.15, -0.1) is 0 Å². The van der Waals surface area contributed by atoms with E-state index >= 15 is 0 Å². The van der Waals surface area contributed by atoms with Gasteiger partial charge in [0.05, 0.1) is 12.0 Å². The van der Waals surface area contributed by atoms with Crippen LogP contribution in [-0.4, -0.2) is 61.5 Å². The van der Waals surface area contributed by atoms with Crippen LogP contribution < -0.4 is 0 Å². The highest BCUT2D eigenvalue weighted by molar-refractivity contribution is 8.23. The number of thioether (sulfide) groups is 1. The van der Waals surface area contributed by atoms with Crippen LogP contribution in [0, 0.1) is 11.8 Å². The number of carbonyl (C=O) groups excluding carboxylic acids is 2. The van der Waals surface area contributed by atoms with Gasteiger partial charge < -0.3 is 10.0 Å². The Morgan fingerprint density at radius 3 is 2.66 bits per heavy atom. The molecular weight excluding hydrogens is 440 g/mol. The average molecular weight is 473 g/mol. The lowest BCUT2D eigenvalue weighted by Crippen LogP contribution is -2.53. The molecule has 1 aromatic rings. The molecule has 0 aliphatic carbocycles. The van der Waals surface area contributed by atoms with Gasteiger partial charge in [-0.25, -0.2) is 0 Å². The Balaban J connectivity index is 1.95. The molecule has 0 aromatic heterocycles. The summed E-state index contributed by atoms with van der Waals surface area (Å²) in [6, 6.07) is 9.29. The van der Waals surface area contributed by atoms with Crippen molar-refractivity contribution in [1.82, 2.24) is 9.80 Å². The van der Waals surface area contributed by atoms with Crippen LogP contribution in [0.25, 0.3) is 6.08 Å². The van der Waals surface area contributed by atoms with Gasteiger partial charge in [-0.05, 0) is 24.8 Å². The summed E-state index contributed by atoms with van der Waals surface area (Å²) in [5, 5.41) is 11.3. The van der Waals surface area contributed by atoms with Crippen molar-refractivity contribution < 1.29 is 14.7 Å². The maximum absolute atomic E-state index is 13.9. The molecule has 2 aliphatic rings. The quantitative estimate of drug-likeness (QED) is 0.455. The number of likely N-dealkylation sites (tertiary alicyclic amines) is 1. The van der Waals surface area contributed by atoms with Crippen molar-refractivity contribution in [2.75, 3.05) is 12.3 Å². The number of aliphatic hydroxyl groups is 1. The summed E-state index contributed by atoms with van der Waals surface area (Å²) in [4.78, 5) is 30.0. The second kappa shape index (κ2) is 11.3. The molecule has 2 fully saturated rings. The molecular formula is C25H32N2O3S2. The van der Waals surface area contributed by atoms with Gasteiger partial charge in [-0.3, -0.25) is 14.5 Å². The monoisotopic (exact) mass is 472 g/mol. The number of aliphatic hydroxyl groups excluding tert-OH is 1. The van der Waals surface area contributed by atoms with E-state index in [2.05, 4.69) is 13.8 Å². The van der Waals surface area contributed by atoms with Crippen LogP contribution in [-0.2, 0) is 9.59 Å². The fourth-order valence-electron chi connectivity index (χ4n) is 4.36. The van der Waals surface area contributed by atoms with Gasteiger partial charge in [-0.1, -0.05) is 92.5 Å². The van der Waals surface area contributed by atoms with E-state index in [-0.39, 0.29) is 29.8 Å². The molecule has 0 unspecified atom stereocenters. The predicted molar refractivity (Wildman–Crippen MR) is 135 cm³/mol. The Bertz CT molecular complexity index is 884. The van der Waals surface area contributed by atoms with Gasteiger partial charge >= 0.3 is 0 Å². The van der Waals surface area contributed by atoms with Crippen LogP contribution in [0.1, 0.15) is 39.2 Å². The minimum Gasteiger partial charge on any atom is -0.388 e. The van der Waals surface area contributed by atoms with Crippen LogP contribution >= 0.6 is 24.0 Å². The lowest BCUT2D eigenvalue weighted by molar-refractivity contribution is -0.140. The largest absolute Gasteiger partial charge is 0.388 e. The molecule has 0 bridgehead atoms. The van der Waals surface area contributed by atoms with Crippen LogP contribution in [0.4, 0.5) is 0 Å². The predicted octanol–water partition coefficient (Wildman–Crippen LogP) is 4.13. The second-order valence-electron chi connectivity index (χ2n) is 8.60. The molecule has 1 N–H and O–H groups in total. The molecule has 1 aromatic carbocycles. The van der Waals surface area contributed by atoms with E-state index in [1.807, 2.05) is 55.5 Å². The molecule has 3 rings (SSSR count). The average Bonchev–Trinajstić information content (AvgIpc) is 3.34. The van der Waals surface area contributed by atoms with Gasteiger partial charge in [0.1, 0.15) is 4.32 Å². The molecule has 7 heteroatoms. The van der Waals surface area contributed by atoms with Crippen LogP contribution in [0.3, 0.4) is 0 Å². The number of hydrogen-bond acceptors (Lipinski definition) is 5. The molecule has 2 heterocycles. The summed E-state index contributed by atoms with van der Waals surface area (Å²) in [5.41, 5.74) is 0.943. The maximum Gasteiger partial charge on any atom is 0.236 e. The zero-order valence-electron chi connectivity index (χ0n) is 18.9. The number of benzene rings is 1. The normalized spacial score (nSPS) is 23.8. The second-order valence-corrected chi connectivity index (χ2v) is 10.3. The van der Waals surface area contributed by atoms with Crippen LogP contribution in [0.5, 0.6) is 0 Å². The van der Waals surface area contributed by atoms with Gasteiger partial charge in [0.15, 0.2) is 0 Å². The number of allylic oxidation sites excluding steroid dienone is 1. The minimum atomic E-state index is -1.03. The van der Waals surface area contributed by atoms with E-state index in [1.54, 1.807) is 15.9 Å². The highest BCUT2D eigenvalue weighted by Gasteiger charge is 2.47. The van der Waals surface area contributed by atoms with E-state index in [1.165, 1.54) is 11.8 Å². The summed E-state index contributed by atoms with van der Waals surface area (Å²) in [6.45, 7) is 6.50. The Hall–Kier alpha value is -1.96. The van der Waals surface area contributed by atoms with Crippen molar-refractivity contribution in [3.8, 4) is 0 Å². The molecule has 2 aliphatic heterocycles. The zero-order chi connectivity index (χ0) is 23.3.